The Labute approximate surface area is 116 Å². The number of carbonyl (C=O) groups excluding carboxylic acids is 1. The molecule has 0 saturated carbocycles. The van der Waals surface area contributed by atoms with Crippen molar-refractivity contribution in [1.29, 1.82) is 0 Å². The molecule has 0 radical (unpaired) electrons. The summed E-state index contributed by atoms with van der Waals surface area (Å²) in [4.78, 5) is 23.2. The van der Waals surface area contributed by atoms with E-state index in [2.05, 4.69) is 10.1 Å². The molecular weight excluding hydrogens is 256 g/mol. The van der Waals surface area contributed by atoms with Crippen LogP contribution in [0.5, 0.6) is 0 Å². The van der Waals surface area contributed by atoms with Crippen LogP contribution in [0.3, 0.4) is 0 Å². The van der Waals surface area contributed by atoms with Crippen LogP contribution >= 0.6 is 0 Å². The standard InChI is InChI=1S/C14H16N4O2/c1-2-17-8-6-12(14(17)19)20-16-10-11-9-15-13-5-3-4-7-18(11)13/h3-5,7,9-10,12H,2,6,8H2,1H3/b16-10+. The van der Waals surface area contributed by atoms with Crippen molar-refractivity contribution < 1.29 is 9.63 Å². The fourth-order valence-electron chi connectivity index (χ4n) is 2.33. The molecule has 3 rings (SSSR count). The average molecular weight is 272 g/mol. The van der Waals surface area contributed by atoms with E-state index in [1.165, 1.54) is 0 Å². The zero-order valence-corrected chi connectivity index (χ0v) is 11.3. The molecule has 1 saturated heterocycles. The van der Waals surface area contributed by atoms with Gasteiger partial charge in [0, 0.05) is 25.7 Å². The minimum absolute atomic E-state index is 0.0165. The number of hydrogen-bond acceptors (Lipinski definition) is 4. The van der Waals surface area contributed by atoms with Gasteiger partial charge in [-0.05, 0) is 19.1 Å². The molecule has 1 aliphatic heterocycles. The molecule has 20 heavy (non-hydrogen) atoms. The van der Waals surface area contributed by atoms with Crippen LogP contribution in [0.4, 0.5) is 0 Å². The number of oxime groups is 1. The fourth-order valence-corrected chi connectivity index (χ4v) is 2.33. The third kappa shape index (κ3) is 2.24. The van der Waals surface area contributed by atoms with Gasteiger partial charge in [-0.15, -0.1) is 0 Å². The number of fused-ring (bicyclic) bond motifs is 1. The molecular formula is C14H16N4O2. The Morgan fingerprint density at radius 2 is 2.45 bits per heavy atom. The molecule has 0 bridgehead atoms. The molecule has 0 aliphatic carbocycles. The van der Waals surface area contributed by atoms with E-state index in [-0.39, 0.29) is 5.91 Å². The molecule has 1 aliphatic rings. The number of carbonyl (C=O) groups is 1. The molecule has 2 aromatic heterocycles. The highest BCUT2D eigenvalue weighted by Crippen LogP contribution is 2.14. The van der Waals surface area contributed by atoms with Crippen molar-refractivity contribution in [2.75, 3.05) is 13.1 Å². The number of likely N-dealkylation sites (tertiary alicyclic amines) is 1. The normalized spacial score (nSPS) is 19.4. The molecule has 1 amide bonds. The average Bonchev–Trinajstić information content (AvgIpc) is 3.04. The number of nitrogens with zero attached hydrogens (tertiary/aromatic N) is 4. The van der Waals surface area contributed by atoms with Crippen molar-refractivity contribution in [3.05, 3.63) is 36.3 Å². The van der Waals surface area contributed by atoms with Crippen LogP contribution in [0.2, 0.25) is 0 Å². The number of hydrogen-bond donors (Lipinski definition) is 0. The first-order chi connectivity index (χ1) is 9.79. The third-order valence-electron chi connectivity index (χ3n) is 3.45. The van der Waals surface area contributed by atoms with E-state index in [4.69, 9.17) is 4.84 Å². The Hall–Kier alpha value is -2.37. The van der Waals surface area contributed by atoms with Crippen molar-refractivity contribution in [2.24, 2.45) is 5.16 Å². The van der Waals surface area contributed by atoms with Crippen LogP contribution in [-0.4, -0.2) is 45.6 Å². The SMILES string of the molecule is CCN1CCC(O/N=C/c2cnc3ccccn23)C1=O. The van der Waals surface area contributed by atoms with Gasteiger partial charge in [-0.1, -0.05) is 11.2 Å². The minimum atomic E-state index is -0.453. The van der Waals surface area contributed by atoms with Crippen LogP contribution in [0, 0.1) is 0 Å². The van der Waals surface area contributed by atoms with E-state index >= 15 is 0 Å². The monoisotopic (exact) mass is 272 g/mol. The summed E-state index contributed by atoms with van der Waals surface area (Å²) in [7, 11) is 0. The second kappa shape index (κ2) is 5.32. The lowest BCUT2D eigenvalue weighted by atomic mass is 10.3. The maximum atomic E-state index is 11.9. The van der Waals surface area contributed by atoms with Crippen LogP contribution in [0.25, 0.3) is 5.65 Å². The van der Waals surface area contributed by atoms with Crippen LogP contribution in [0.1, 0.15) is 19.0 Å². The largest absolute Gasteiger partial charge is 0.382 e. The van der Waals surface area contributed by atoms with Gasteiger partial charge in [-0.25, -0.2) is 4.98 Å². The zero-order valence-electron chi connectivity index (χ0n) is 11.3. The van der Waals surface area contributed by atoms with Gasteiger partial charge in [-0.3, -0.25) is 9.20 Å². The summed E-state index contributed by atoms with van der Waals surface area (Å²) in [6.07, 6.45) is 5.45. The molecule has 1 fully saturated rings. The zero-order chi connectivity index (χ0) is 13.9. The molecule has 3 heterocycles. The highest BCUT2D eigenvalue weighted by atomic mass is 16.6. The highest BCUT2D eigenvalue weighted by Gasteiger charge is 2.32. The molecule has 2 aromatic rings. The second-order valence-electron chi connectivity index (χ2n) is 4.65. The summed E-state index contributed by atoms with van der Waals surface area (Å²) in [5.74, 6) is 0.0165. The molecule has 104 valence electrons. The molecule has 0 spiro atoms. The summed E-state index contributed by atoms with van der Waals surface area (Å²) in [5, 5.41) is 3.93. The van der Waals surface area contributed by atoms with Gasteiger partial charge < -0.3 is 9.74 Å². The number of aromatic nitrogens is 2. The number of rotatable bonds is 4. The third-order valence-corrected chi connectivity index (χ3v) is 3.45. The van der Waals surface area contributed by atoms with Crippen molar-refractivity contribution in [3.63, 3.8) is 0 Å². The van der Waals surface area contributed by atoms with E-state index in [0.717, 1.165) is 24.4 Å². The smallest absolute Gasteiger partial charge is 0.266 e. The Morgan fingerprint density at radius 3 is 3.25 bits per heavy atom. The summed E-state index contributed by atoms with van der Waals surface area (Å²) in [5.41, 5.74) is 1.67. The summed E-state index contributed by atoms with van der Waals surface area (Å²) in [6, 6.07) is 5.76. The number of likely N-dealkylation sites (N-methyl/N-ethyl adjacent to an activating group) is 1. The first kappa shape index (κ1) is 12.7. The second-order valence-corrected chi connectivity index (χ2v) is 4.65. The van der Waals surface area contributed by atoms with E-state index < -0.39 is 6.10 Å². The number of imidazole rings is 1. The van der Waals surface area contributed by atoms with Crippen molar-refractivity contribution in [1.82, 2.24) is 14.3 Å². The molecule has 0 N–H and O–H groups in total. The van der Waals surface area contributed by atoms with E-state index in [1.54, 1.807) is 17.3 Å². The quantitative estimate of drug-likeness (QED) is 0.622. The van der Waals surface area contributed by atoms with Gasteiger partial charge in [0.15, 0.2) is 0 Å². The fraction of sp³-hybridized carbons (Fsp3) is 0.357. The predicted octanol–water partition coefficient (Wildman–Crippen LogP) is 1.31. The Morgan fingerprint density at radius 1 is 1.55 bits per heavy atom. The van der Waals surface area contributed by atoms with Crippen molar-refractivity contribution in [2.45, 2.75) is 19.4 Å². The molecule has 1 atom stereocenters. The molecule has 0 aromatic carbocycles. The lowest BCUT2D eigenvalue weighted by molar-refractivity contribution is -0.137. The lowest BCUT2D eigenvalue weighted by Crippen LogP contribution is -2.29. The highest BCUT2D eigenvalue weighted by molar-refractivity contribution is 5.83. The molecule has 6 nitrogen and oxygen atoms in total. The van der Waals surface area contributed by atoms with Gasteiger partial charge in [0.2, 0.25) is 6.10 Å². The maximum Gasteiger partial charge on any atom is 0.266 e. The molecule has 6 heteroatoms. The first-order valence-corrected chi connectivity index (χ1v) is 6.69. The van der Waals surface area contributed by atoms with E-state index in [1.807, 2.05) is 35.7 Å². The number of pyridine rings is 1. The van der Waals surface area contributed by atoms with Gasteiger partial charge in [0.05, 0.1) is 18.1 Å². The van der Waals surface area contributed by atoms with Crippen LogP contribution in [0.15, 0.2) is 35.7 Å². The minimum Gasteiger partial charge on any atom is -0.382 e. The van der Waals surface area contributed by atoms with E-state index in [9.17, 15) is 4.79 Å². The summed E-state index contributed by atoms with van der Waals surface area (Å²) < 4.78 is 1.90. The maximum absolute atomic E-state index is 11.9. The van der Waals surface area contributed by atoms with Crippen molar-refractivity contribution >= 4 is 17.8 Å². The summed E-state index contributed by atoms with van der Waals surface area (Å²) in [6.45, 7) is 3.42. The lowest BCUT2D eigenvalue weighted by Gasteiger charge is -2.12. The predicted molar refractivity (Wildman–Crippen MR) is 74.5 cm³/mol. The molecule has 1 unspecified atom stereocenters. The van der Waals surface area contributed by atoms with Gasteiger partial charge in [0.1, 0.15) is 5.65 Å². The topological polar surface area (TPSA) is 59.2 Å². The van der Waals surface area contributed by atoms with Crippen LogP contribution < -0.4 is 0 Å². The van der Waals surface area contributed by atoms with Crippen molar-refractivity contribution in [3.8, 4) is 0 Å². The summed E-state index contributed by atoms with van der Waals surface area (Å²) >= 11 is 0. The van der Waals surface area contributed by atoms with Gasteiger partial charge in [-0.2, -0.15) is 0 Å². The van der Waals surface area contributed by atoms with Crippen LogP contribution in [-0.2, 0) is 9.63 Å². The van der Waals surface area contributed by atoms with Gasteiger partial charge >= 0.3 is 0 Å². The Kier molecular flexibility index (Phi) is 3.37. The Balaban J connectivity index is 1.68. The van der Waals surface area contributed by atoms with Gasteiger partial charge in [0.25, 0.3) is 5.91 Å². The van der Waals surface area contributed by atoms with E-state index in [0.29, 0.717) is 6.42 Å². The Bertz CT molecular complexity index is 649. The number of amides is 1. The first-order valence-electron chi connectivity index (χ1n) is 6.69.